The third kappa shape index (κ3) is 4.59. The first-order valence-electron chi connectivity index (χ1n) is 6.99. The minimum Gasteiger partial charge on any atom is -0.385 e. The van der Waals surface area contributed by atoms with Gasteiger partial charge in [0.15, 0.2) is 5.82 Å². The summed E-state index contributed by atoms with van der Waals surface area (Å²) in [6, 6.07) is 5.22. The van der Waals surface area contributed by atoms with Gasteiger partial charge in [0, 0.05) is 24.5 Å². The Labute approximate surface area is 123 Å². The average Bonchev–Trinajstić information content (AvgIpc) is 2.84. The highest BCUT2D eigenvalue weighted by Crippen LogP contribution is 2.12. The zero-order valence-electron chi connectivity index (χ0n) is 12.5. The van der Waals surface area contributed by atoms with Gasteiger partial charge >= 0.3 is 0 Å². The van der Waals surface area contributed by atoms with Crippen LogP contribution in [0.2, 0.25) is 0 Å². The molecule has 21 heavy (non-hydrogen) atoms. The van der Waals surface area contributed by atoms with E-state index in [4.69, 9.17) is 4.52 Å². The summed E-state index contributed by atoms with van der Waals surface area (Å²) >= 11 is 0. The maximum atomic E-state index is 12.1. The summed E-state index contributed by atoms with van der Waals surface area (Å²) in [4.78, 5) is 16.1. The van der Waals surface area contributed by atoms with Crippen molar-refractivity contribution in [2.45, 2.75) is 27.2 Å². The van der Waals surface area contributed by atoms with Gasteiger partial charge in [0.05, 0.1) is 0 Å². The molecule has 0 radical (unpaired) electrons. The van der Waals surface area contributed by atoms with Crippen molar-refractivity contribution >= 4 is 17.4 Å². The van der Waals surface area contributed by atoms with Crippen molar-refractivity contribution in [3.63, 3.8) is 0 Å². The molecule has 2 heterocycles. The molecule has 0 aliphatic carbocycles. The van der Waals surface area contributed by atoms with E-state index in [1.54, 1.807) is 25.3 Å². The number of aryl methyl sites for hydroxylation is 1. The Balaban J connectivity index is 1.97. The molecule has 0 fully saturated rings. The number of carbonyl (C=O) groups is 1. The van der Waals surface area contributed by atoms with Crippen LogP contribution >= 0.6 is 0 Å². The Hall–Kier alpha value is -2.37. The van der Waals surface area contributed by atoms with Crippen LogP contribution in [0.4, 0.5) is 11.5 Å². The number of hydrogen-bond acceptors (Lipinski definition) is 5. The van der Waals surface area contributed by atoms with Crippen molar-refractivity contribution in [1.82, 2.24) is 10.1 Å². The summed E-state index contributed by atoms with van der Waals surface area (Å²) in [7, 11) is 0. The molecule has 6 heteroatoms. The van der Waals surface area contributed by atoms with Crippen molar-refractivity contribution in [1.29, 1.82) is 0 Å². The van der Waals surface area contributed by atoms with Crippen LogP contribution in [-0.4, -0.2) is 22.6 Å². The molecule has 6 nitrogen and oxygen atoms in total. The third-order valence-corrected chi connectivity index (χ3v) is 2.91. The molecule has 1 amide bonds. The number of amides is 1. The van der Waals surface area contributed by atoms with Gasteiger partial charge in [-0.15, -0.1) is 0 Å². The van der Waals surface area contributed by atoms with E-state index < -0.39 is 0 Å². The van der Waals surface area contributed by atoms with Gasteiger partial charge in [0.2, 0.25) is 0 Å². The minimum atomic E-state index is -0.309. The summed E-state index contributed by atoms with van der Waals surface area (Å²) in [5, 5.41) is 9.65. The zero-order chi connectivity index (χ0) is 15.2. The second-order valence-electron chi connectivity index (χ2n) is 5.32. The fraction of sp³-hybridized carbons (Fsp3) is 0.400. The molecule has 112 valence electrons. The molecule has 0 saturated heterocycles. The molecule has 0 atom stereocenters. The van der Waals surface area contributed by atoms with Gasteiger partial charge in [0.25, 0.3) is 5.91 Å². The monoisotopic (exact) mass is 288 g/mol. The van der Waals surface area contributed by atoms with E-state index in [1.807, 2.05) is 6.07 Å². The molecule has 2 aromatic heterocycles. The van der Waals surface area contributed by atoms with Crippen LogP contribution in [0.25, 0.3) is 0 Å². The predicted molar refractivity (Wildman–Crippen MR) is 81.4 cm³/mol. The molecular formula is C15H20N4O2. The first kappa shape index (κ1) is 15.0. The number of hydrogen-bond donors (Lipinski definition) is 2. The molecule has 2 rings (SSSR count). The standard InChI is InChI=1S/C15H20N4O2/c1-10(2)4-6-16-12-5-7-17-13(9-12)15(20)18-14-8-11(3)21-19-14/h5,7-10H,4,6H2,1-3H3,(H,16,17)(H,18,19,20). The molecule has 2 N–H and O–H groups in total. The normalized spacial score (nSPS) is 10.7. The van der Waals surface area contributed by atoms with Crippen molar-refractivity contribution in [3.8, 4) is 0 Å². The summed E-state index contributed by atoms with van der Waals surface area (Å²) < 4.78 is 4.90. The summed E-state index contributed by atoms with van der Waals surface area (Å²) in [6.45, 7) is 6.98. The SMILES string of the molecule is Cc1cc(NC(=O)c2cc(NCCC(C)C)ccn2)no1. The molecule has 0 spiro atoms. The van der Waals surface area contributed by atoms with Crippen LogP contribution in [0.1, 0.15) is 36.5 Å². The number of nitrogens with zero attached hydrogens (tertiary/aromatic N) is 2. The lowest BCUT2D eigenvalue weighted by atomic mass is 10.1. The number of nitrogens with one attached hydrogen (secondary N) is 2. The smallest absolute Gasteiger partial charge is 0.275 e. The highest BCUT2D eigenvalue weighted by molar-refractivity contribution is 6.02. The average molecular weight is 288 g/mol. The van der Waals surface area contributed by atoms with Crippen LogP contribution in [0.15, 0.2) is 28.9 Å². The lowest BCUT2D eigenvalue weighted by molar-refractivity contribution is 0.102. The first-order chi connectivity index (χ1) is 10.0. The van der Waals surface area contributed by atoms with E-state index in [9.17, 15) is 4.79 Å². The number of aromatic nitrogens is 2. The van der Waals surface area contributed by atoms with E-state index in [1.165, 1.54) is 0 Å². The predicted octanol–water partition coefficient (Wildman–Crippen LogP) is 3.09. The molecule has 0 saturated carbocycles. The van der Waals surface area contributed by atoms with Gasteiger partial charge in [-0.1, -0.05) is 19.0 Å². The summed E-state index contributed by atoms with van der Waals surface area (Å²) in [6.07, 6.45) is 2.68. The summed E-state index contributed by atoms with van der Waals surface area (Å²) in [5.74, 6) is 1.35. The lowest BCUT2D eigenvalue weighted by Gasteiger charge is -2.09. The Morgan fingerprint density at radius 1 is 1.38 bits per heavy atom. The number of pyridine rings is 1. The lowest BCUT2D eigenvalue weighted by Crippen LogP contribution is -2.14. The van der Waals surface area contributed by atoms with E-state index in [0.29, 0.717) is 23.2 Å². The van der Waals surface area contributed by atoms with Gasteiger partial charge in [-0.05, 0) is 31.4 Å². The second-order valence-corrected chi connectivity index (χ2v) is 5.32. The Kier molecular flexibility index (Phi) is 4.92. The van der Waals surface area contributed by atoms with Crippen LogP contribution in [0, 0.1) is 12.8 Å². The van der Waals surface area contributed by atoms with E-state index in [-0.39, 0.29) is 5.91 Å². The van der Waals surface area contributed by atoms with Gasteiger partial charge in [-0.3, -0.25) is 9.78 Å². The van der Waals surface area contributed by atoms with E-state index in [2.05, 4.69) is 34.6 Å². The van der Waals surface area contributed by atoms with Crippen LogP contribution in [0.5, 0.6) is 0 Å². The van der Waals surface area contributed by atoms with Gasteiger partial charge in [-0.25, -0.2) is 0 Å². The van der Waals surface area contributed by atoms with Crippen LogP contribution < -0.4 is 10.6 Å². The maximum Gasteiger partial charge on any atom is 0.275 e. The van der Waals surface area contributed by atoms with Crippen LogP contribution in [-0.2, 0) is 0 Å². The second kappa shape index (κ2) is 6.88. The van der Waals surface area contributed by atoms with E-state index in [0.717, 1.165) is 18.7 Å². The van der Waals surface area contributed by atoms with Crippen molar-refractivity contribution in [3.05, 3.63) is 35.9 Å². The van der Waals surface area contributed by atoms with Crippen LogP contribution in [0.3, 0.4) is 0 Å². The maximum absolute atomic E-state index is 12.1. The number of anilines is 2. The topological polar surface area (TPSA) is 80.0 Å². The van der Waals surface area contributed by atoms with E-state index >= 15 is 0 Å². The summed E-state index contributed by atoms with van der Waals surface area (Å²) in [5.41, 5.74) is 1.22. The Bertz CT molecular complexity index is 607. The van der Waals surface area contributed by atoms with Crippen molar-refractivity contribution < 1.29 is 9.32 Å². The third-order valence-electron chi connectivity index (χ3n) is 2.91. The van der Waals surface area contributed by atoms with Gasteiger partial charge in [-0.2, -0.15) is 0 Å². The zero-order valence-corrected chi connectivity index (χ0v) is 12.5. The highest BCUT2D eigenvalue weighted by atomic mass is 16.5. The quantitative estimate of drug-likeness (QED) is 0.853. The first-order valence-corrected chi connectivity index (χ1v) is 6.99. The highest BCUT2D eigenvalue weighted by Gasteiger charge is 2.10. The minimum absolute atomic E-state index is 0.309. The fourth-order valence-electron chi connectivity index (χ4n) is 1.78. The van der Waals surface area contributed by atoms with Crippen molar-refractivity contribution in [2.24, 2.45) is 5.92 Å². The van der Waals surface area contributed by atoms with Crippen molar-refractivity contribution in [2.75, 3.05) is 17.2 Å². The molecule has 0 aliphatic heterocycles. The number of rotatable bonds is 6. The number of carbonyl (C=O) groups excluding carboxylic acids is 1. The molecule has 0 bridgehead atoms. The Morgan fingerprint density at radius 2 is 2.19 bits per heavy atom. The molecule has 0 aliphatic rings. The Morgan fingerprint density at radius 3 is 2.86 bits per heavy atom. The van der Waals surface area contributed by atoms with Gasteiger partial charge < -0.3 is 15.2 Å². The molecule has 0 aromatic carbocycles. The molecule has 2 aromatic rings. The largest absolute Gasteiger partial charge is 0.385 e. The molecular weight excluding hydrogens is 268 g/mol. The van der Waals surface area contributed by atoms with Gasteiger partial charge in [0.1, 0.15) is 11.5 Å². The molecule has 0 unspecified atom stereocenters. The fourth-order valence-corrected chi connectivity index (χ4v) is 1.78.